The number of imide groups is 2. The molecule has 0 spiro atoms. The van der Waals surface area contributed by atoms with Crippen LogP contribution in [0.5, 0.6) is 23.0 Å². The van der Waals surface area contributed by atoms with Crippen LogP contribution in [0.3, 0.4) is 0 Å². The molecule has 57 heavy (non-hydrogen) atoms. The zero-order chi connectivity index (χ0) is 40.0. The van der Waals surface area contributed by atoms with Crippen molar-refractivity contribution >= 4 is 34.8 Å². The van der Waals surface area contributed by atoms with Crippen molar-refractivity contribution in [2.24, 2.45) is 35.0 Å². The number of benzene rings is 4. The van der Waals surface area contributed by atoms with E-state index in [1.54, 1.807) is 28.4 Å². The highest BCUT2D eigenvalue weighted by molar-refractivity contribution is 6.17. The summed E-state index contributed by atoms with van der Waals surface area (Å²) in [5.41, 5.74) is 4.25. The Balaban J connectivity index is 1.25. The van der Waals surface area contributed by atoms with E-state index in [9.17, 15) is 0 Å². The number of ether oxygens (including phenoxy) is 4. The smallest absolute Gasteiger partial charge is 0.234 e. The highest BCUT2D eigenvalue weighted by atomic mass is 16.5. The van der Waals surface area contributed by atoms with Crippen LogP contribution in [0.4, 0.5) is 0 Å². The quantitative estimate of drug-likeness (QED) is 0.130. The number of methoxy groups -OCH3 is 4. The van der Waals surface area contributed by atoms with Gasteiger partial charge in [0.25, 0.3) is 0 Å². The lowest BCUT2D eigenvalue weighted by atomic mass is 9.40. The van der Waals surface area contributed by atoms with Gasteiger partial charge < -0.3 is 18.9 Å². The summed E-state index contributed by atoms with van der Waals surface area (Å²) in [4.78, 5) is 63.2. The first-order valence-electron chi connectivity index (χ1n) is 19.7. The first-order valence-corrected chi connectivity index (χ1v) is 19.7. The third kappa shape index (κ3) is 5.91. The van der Waals surface area contributed by atoms with Crippen LogP contribution in [0.1, 0.15) is 42.0 Å². The first kappa shape index (κ1) is 38.0. The molecule has 1 saturated carbocycles. The second kappa shape index (κ2) is 15.2. The van der Waals surface area contributed by atoms with Crippen LogP contribution in [-0.4, -0.2) is 75.0 Å². The van der Waals surface area contributed by atoms with Crippen LogP contribution in [-0.2, 0) is 32.0 Å². The molecule has 4 amide bonds. The molecule has 4 aromatic carbocycles. The van der Waals surface area contributed by atoms with Crippen molar-refractivity contribution in [1.29, 1.82) is 0 Å². The third-order valence-corrected chi connectivity index (χ3v) is 12.8. The van der Waals surface area contributed by atoms with Crippen molar-refractivity contribution in [2.75, 3.05) is 41.5 Å². The van der Waals surface area contributed by atoms with Crippen LogP contribution in [0.25, 0.3) is 11.1 Å². The van der Waals surface area contributed by atoms with Gasteiger partial charge in [0.05, 0.1) is 52.1 Å². The largest absolute Gasteiger partial charge is 0.493 e. The maximum absolute atomic E-state index is 15.2. The van der Waals surface area contributed by atoms with Crippen LogP contribution < -0.4 is 18.9 Å². The van der Waals surface area contributed by atoms with Crippen molar-refractivity contribution in [2.45, 2.75) is 32.6 Å². The zero-order valence-corrected chi connectivity index (χ0v) is 33.0. The number of likely N-dealkylation sites (tertiary alicyclic amines) is 2. The highest BCUT2D eigenvalue weighted by Gasteiger charge is 2.77. The van der Waals surface area contributed by atoms with Crippen molar-refractivity contribution in [1.82, 2.24) is 9.80 Å². The summed E-state index contributed by atoms with van der Waals surface area (Å²) in [6.07, 6.45) is 1.90. The predicted octanol–water partition coefficient (Wildman–Crippen LogP) is 6.75. The molecule has 10 nitrogen and oxygen atoms in total. The number of hydrogen-bond acceptors (Lipinski definition) is 8. The van der Waals surface area contributed by atoms with Gasteiger partial charge in [0.1, 0.15) is 0 Å². The summed E-state index contributed by atoms with van der Waals surface area (Å²) in [5.74, 6) is -2.73. The van der Waals surface area contributed by atoms with Gasteiger partial charge in [-0.2, -0.15) is 0 Å². The minimum Gasteiger partial charge on any atom is -0.493 e. The topological polar surface area (TPSA) is 112 Å². The number of hydrogen-bond donors (Lipinski definition) is 0. The molecule has 0 N–H and O–H groups in total. The fourth-order valence-corrected chi connectivity index (χ4v) is 10.6. The Kier molecular flexibility index (Phi) is 10.1. The molecule has 2 aliphatic heterocycles. The maximum Gasteiger partial charge on any atom is 0.234 e. The second-order valence-electron chi connectivity index (χ2n) is 15.4. The van der Waals surface area contributed by atoms with E-state index in [2.05, 4.69) is 6.92 Å². The summed E-state index contributed by atoms with van der Waals surface area (Å²) in [5, 5.41) is 0. The van der Waals surface area contributed by atoms with Crippen LogP contribution in [0.2, 0.25) is 0 Å². The lowest BCUT2D eigenvalue weighted by molar-refractivity contribution is -0.146. The lowest BCUT2D eigenvalue weighted by Gasteiger charge is -2.59. The van der Waals surface area contributed by atoms with Crippen molar-refractivity contribution in [3.05, 3.63) is 119 Å². The Labute approximate surface area is 333 Å². The molecule has 4 aromatic rings. The van der Waals surface area contributed by atoms with Crippen LogP contribution in [0.15, 0.2) is 97.1 Å². The Hall–Kier alpha value is -5.90. The molecule has 10 heteroatoms. The Morgan fingerprint density at radius 2 is 0.965 bits per heavy atom. The molecule has 3 aliphatic carbocycles. The summed E-state index contributed by atoms with van der Waals surface area (Å²) < 4.78 is 21.9. The van der Waals surface area contributed by atoms with Gasteiger partial charge in [-0.3, -0.25) is 29.0 Å². The minimum absolute atomic E-state index is 0.158. The van der Waals surface area contributed by atoms with Gasteiger partial charge >= 0.3 is 0 Å². The molecule has 2 bridgehead atoms. The van der Waals surface area contributed by atoms with E-state index in [-0.39, 0.29) is 36.7 Å². The van der Waals surface area contributed by atoms with E-state index >= 15 is 19.2 Å². The zero-order valence-electron chi connectivity index (χ0n) is 33.0. The SMILES string of the molecule is CCCC12C(c3ccccc3)=C(c3ccccc3)C(C3C(=O)N(CCc4ccc(OC)c(OC)c4)C(=O)C31)C1C(=O)N(CCc3ccc(OC)c(OC)c3)C(=O)C12. The van der Waals surface area contributed by atoms with E-state index < -0.39 is 35.0 Å². The monoisotopic (exact) mass is 768 g/mol. The lowest BCUT2D eigenvalue weighted by Crippen LogP contribution is -2.60. The molecule has 0 radical (unpaired) electrons. The average Bonchev–Trinajstić information content (AvgIpc) is 3.67. The predicted molar refractivity (Wildman–Crippen MR) is 214 cm³/mol. The minimum atomic E-state index is -1.12. The normalized spacial score (nSPS) is 24.9. The van der Waals surface area contributed by atoms with Gasteiger partial charge in [0.2, 0.25) is 23.6 Å². The molecule has 2 heterocycles. The number of nitrogens with zero attached hydrogens (tertiary/aromatic N) is 2. The van der Waals surface area contributed by atoms with Gasteiger partial charge in [-0.25, -0.2) is 0 Å². The summed E-state index contributed by atoms with van der Waals surface area (Å²) in [7, 11) is 6.29. The Morgan fingerprint density at radius 1 is 0.526 bits per heavy atom. The van der Waals surface area contributed by atoms with Crippen molar-refractivity contribution in [3.63, 3.8) is 0 Å². The van der Waals surface area contributed by atoms with Crippen molar-refractivity contribution in [3.8, 4) is 23.0 Å². The summed E-state index contributed by atoms with van der Waals surface area (Å²) in [6.45, 7) is 2.37. The molecule has 3 fully saturated rings. The highest BCUT2D eigenvalue weighted by Crippen LogP contribution is 2.73. The molecule has 9 rings (SSSR count). The number of carbonyl (C=O) groups is 4. The molecule has 4 unspecified atom stereocenters. The second-order valence-corrected chi connectivity index (χ2v) is 15.4. The number of amides is 4. The molecule has 0 aromatic heterocycles. The van der Waals surface area contributed by atoms with E-state index in [1.165, 1.54) is 9.80 Å². The molecule has 5 aliphatic rings. The fraction of sp³-hybridized carbons (Fsp3) is 0.362. The summed E-state index contributed by atoms with van der Waals surface area (Å²) >= 11 is 0. The van der Waals surface area contributed by atoms with E-state index in [1.807, 2.05) is 97.1 Å². The fourth-order valence-electron chi connectivity index (χ4n) is 10.6. The van der Waals surface area contributed by atoms with Crippen LogP contribution >= 0.6 is 0 Å². The molecular weight excluding hydrogens is 721 g/mol. The molecule has 4 atom stereocenters. The first-order chi connectivity index (χ1) is 27.7. The van der Waals surface area contributed by atoms with E-state index in [4.69, 9.17) is 18.9 Å². The van der Waals surface area contributed by atoms with Crippen LogP contribution in [0, 0.1) is 35.0 Å². The Morgan fingerprint density at radius 3 is 1.39 bits per heavy atom. The van der Waals surface area contributed by atoms with Gasteiger partial charge in [0.15, 0.2) is 23.0 Å². The van der Waals surface area contributed by atoms with E-state index in [0.717, 1.165) is 33.4 Å². The Bertz CT molecular complexity index is 2150. The third-order valence-electron chi connectivity index (χ3n) is 12.8. The number of rotatable bonds is 14. The molecule has 294 valence electrons. The van der Waals surface area contributed by atoms with Gasteiger partial charge in [-0.05, 0) is 76.9 Å². The standard InChI is InChI=1S/C47H48N2O8/c1-6-23-47-40(31-15-11-8-12-16-31)36(30-13-9-7-10-14-30)37(38-41(47)45(52)48(43(38)50)24-21-28-17-19-32(54-2)34(26-28)56-4)39-42(47)46(53)49(44(39)51)25-22-29-18-20-33(55-3)35(27-29)57-5/h7-20,26-27,37-39,41-42H,6,21-25H2,1-5H3. The average molecular weight is 769 g/mol. The van der Waals surface area contributed by atoms with Crippen molar-refractivity contribution < 1.29 is 38.1 Å². The number of carbonyl (C=O) groups excluding carboxylic acids is 4. The molecule has 2 saturated heterocycles. The molecular formula is C47H48N2O8. The maximum atomic E-state index is 15.2. The summed E-state index contributed by atoms with van der Waals surface area (Å²) in [6, 6.07) is 31.0. The van der Waals surface area contributed by atoms with Gasteiger partial charge in [-0.15, -0.1) is 0 Å². The van der Waals surface area contributed by atoms with Gasteiger partial charge in [-0.1, -0.05) is 86.1 Å². The van der Waals surface area contributed by atoms with Gasteiger partial charge in [0, 0.05) is 24.4 Å². The number of allylic oxidation sites excluding steroid dienone is 2. The van der Waals surface area contributed by atoms with E-state index in [0.29, 0.717) is 48.7 Å².